The highest BCUT2D eigenvalue weighted by molar-refractivity contribution is 5.73. The first-order valence-corrected chi connectivity index (χ1v) is 8.89. The molecule has 4 heteroatoms. The van der Waals surface area contributed by atoms with E-state index in [4.69, 9.17) is 9.47 Å². The number of rotatable bonds is 5. The van der Waals surface area contributed by atoms with E-state index in [1.54, 1.807) is 19.5 Å². The molecule has 1 aromatic heterocycles. The molecule has 0 radical (unpaired) electrons. The molecule has 0 saturated carbocycles. The van der Waals surface area contributed by atoms with Gasteiger partial charge in [0, 0.05) is 42.2 Å². The average molecular weight is 346 g/mol. The number of pyridine rings is 1. The highest BCUT2D eigenvalue weighted by Gasteiger charge is 2.20. The molecule has 1 N–H and O–H groups in total. The van der Waals surface area contributed by atoms with Crippen LogP contribution in [0.1, 0.15) is 17.9 Å². The van der Waals surface area contributed by atoms with Crippen LogP contribution in [0.2, 0.25) is 0 Å². The van der Waals surface area contributed by atoms with Gasteiger partial charge in [0.05, 0.1) is 13.7 Å². The molecule has 1 aliphatic heterocycles. The lowest BCUT2D eigenvalue weighted by Crippen LogP contribution is -2.20. The molecule has 0 bridgehead atoms. The van der Waals surface area contributed by atoms with Crippen LogP contribution in [0.3, 0.4) is 0 Å². The Kier molecular flexibility index (Phi) is 4.73. The van der Waals surface area contributed by atoms with Crippen molar-refractivity contribution in [3.05, 3.63) is 72.6 Å². The van der Waals surface area contributed by atoms with Gasteiger partial charge in [0.2, 0.25) is 0 Å². The largest absolute Gasteiger partial charge is 0.496 e. The van der Waals surface area contributed by atoms with E-state index in [-0.39, 0.29) is 0 Å². The highest BCUT2D eigenvalue weighted by atomic mass is 16.5. The van der Waals surface area contributed by atoms with Crippen molar-refractivity contribution in [3.63, 3.8) is 0 Å². The predicted molar refractivity (Wildman–Crippen MR) is 104 cm³/mol. The van der Waals surface area contributed by atoms with Crippen LogP contribution in [0, 0.1) is 0 Å². The van der Waals surface area contributed by atoms with E-state index in [0.717, 1.165) is 47.9 Å². The van der Waals surface area contributed by atoms with Crippen molar-refractivity contribution in [2.75, 3.05) is 25.6 Å². The standard InChI is InChI=1S/C22H22N2O2/c1-25-22-14-18(6-7-20(22)16-8-11-23-12-9-16)24-15-17-10-13-26-21-5-3-2-4-19(17)21/h2-9,11-12,14,17,24H,10,13,15H2,1H3. The molecule has 2 heterocycles. The van der Waals surface area contributed by atoms with Crippen molar-refractivity contribution in [1.82, 2.24) is 4.98 Å². The van der Waals surface area contributed by atoms with Gasteiger partial charge in [0.1, 0.15) is 11.5 Å². The first-order valence-electron chi connectivity index (χ1n) is 8.89. The van der Waals surface area contributed by atoms with Gasteiger partial charge in [-0.1, -0.05) is 18.2 Å². The molecule has 1 unspecified atom stereocenters. The van der Waals surface area contributed by atoms with Crippen molar-refractivity contribution in [2.45, 2.75) is 12.3 Å². The number of nitrogens with one attached hydrogen (secondary N) is 1. The summed E-state index contributed by atoms with van der Waals surface area (Å²) in [6.07, 6.45) is 4.61. The molecule has 0 fully saturated rings. The molecule has 0 aliphatic carbocycles. The lowest BCUT2D eigenvalue weighted by Gasteiger charge is -2.26. The molecule has 0 amide bonds. The van der Waals surface area contributed by atoms with Crippen molar-refractivity contribution in [3.8, 4) is 22.6 Å². The maximum absolute atomic E-state index is 5.75. The summed E-state index contributed by atoms with van der Waals surface area (Å²) in [4.78, 5) is 4.08. The zero-order valence-corrected chi connectivity index (χ0v) is 14.8. The van der Waals surface area contributed by atoms with E-state index in [2.05, 4.69) is 40.6 Å². The number of ether oxygens (including phenoxy) is 2. The molecular formula is C22H22N2O2. The van der Waals surface area contributed by atoms with Gasteiger partial charge in [-0.2, -0.15) is 0 Å². The molecular weight excluding hydrogens is 324 g/mol. The normalized spacial score (nSPS) is 15.7. The number of fused-ring (bicyclic) bond motifs is 1. The van der Waals surface area contributed by atoms with Crippen LogP contribution in [0.15, 0.2) is 67.0 Å². The van der Waals surface area contributed by atoms with Crippen molar-refractivity contribution >= 4 is 5.69 Å². The van der Waals surface area contributed by atoms with Crippen LogP contribution in [-0.2, 0) is 0 Å². The average Bonchev–Trinajstić information content (AvgIpc) is 2.72. The van der Waals surface area contributed by atoms with Crippen LogP contribution in [0.4, 0.5) is 5.69 Å². The van der Waals surface area contributed by atoms with Crippen LogP contribution >= 0.6 is 0 Å². The Morgan fingerprint density at radius 2 is 1.96 bits per heavy atom. The summed E-state index contributed by atoms with van der Waals surface area (Å²) in [6.45, 7) is 1.64. The van der Waals surface area contributed by atoms with Crippen molar-refractivity contribution in [1.29, 1.82) is 0 Å². The Labute approximate surface area is 153 Å². The molecule has 0 saturated heterocycles. The Hall–Kier alpha value is -3.01. The molecule has 0 spiro atoms. The van der Waals surface area contributed by atoms with Crippen molar-refractivity contribution in [2.24, 2.45) is 0 Å². The van der Waals surface area contributed by atoms with Gasteiger partial charge in [0.25, 0.3) is 0 Å². The minimum Gasteiger partial charge on any atom is -0.496 e. The molecule has 1 atom stereocenters. The Morgan fingerprint density at radius 3 is 2.81 bits per heavy atom. The van der Waals surface area contributed by atoms with Crippen LogP contribution in [0.5, 0.6) is 11.5 Å². The van der Waals surface area contributed by atoms with E-state index in [1.165, 1.54) is 5.56 Å². The van der Waals surface area contributed by atoms with Crippen molar-refractivity contribution < 1.29 is 9.47 Å². The number of para-hydroxylation sites is 1. The summed E-state index contributed by atoms with van der Waals surface area (Å²) in [6, 6.07) is 18.5. The molecule has 26 heavy (non-hydrogen) atoms. The number of hydrogen-bond acceptors (Lipinski definition) is 4. The summed E-state index contributed by atoms with van der Waals surface area (Å²) >= 11 is 0. The molecule has 4 rings (SSSR count). The number of hydrogen-bond donors (Lipinski definition) is 1. The minimum absolute atomic E-state index is 0.450. The highest BCUT2D eigenvalue weighted by Crippen LogP contribution is 2.35. The number of benzene rings is 2. The van der Waals surface area contributed by atoms with Gasteiger partial charge in [0.15, 0.2) is 0 Å². The van der Waals surface area contributed by atoms with E-state index < -0.39 is 0 Å². The molecule has 3 aromatic rings. The van der Waals surface area contributed by atoms with Gasteiger partial charge in [-0.05, 0) is 47.9 Å². The molecule has 1 aliphatic rings. The zero-order chi connectivity index (χ0) is 17.8. The summed E-state index contributed by atoms with van der Waals surface area (Å²) in [5, 5.41) is 3.56. The van der Waals surface area contributed by atoms with Gasteiger partial charge >= 0.3 is 0 Å². The van der Waals surface area contributed by atoms with Crippen LogP contribution < -0.4 is 14.8 Å². The number of aromatic nitrogens is 1. The smallest absolute Gasteiger partial charge is 0.128 e. The summed E-state index contributed by atoms with van der Waals surface area (Å²) < 4.78 is 11.4. The van der Waals surface area contributed by atoms with E-state index in [1.807, 2.05) is 24.3 Å². The number of anilines is 1. The first kappa shape index (κ1) is 16.5. The predicted octanol–water partition coefficient (Wildman–Crippen LogP) is 4.74. The lowest BCUT2D eigenvalue weighted by molar-refractivity contribution is 0.270. The Bertz CT molecular complexity index is 880. The maximum Gasteiger partial charge on any atom is 0.128 e. The molecule has 2 aromatic carbocycles. The lowest BCUT2D eigenvalue weighted by atomic mass is 9.93. The van der Waals surface area contributed by atoms with Crippen LogP contribution in [-0.4, -0.2) is 25.2 Å². The number of nitrogens with zero attached hydrogens (tertiary/aromatic N) is 1. The SMILES string of the molecule is COc1cc(NCC2CCOc3ccccc32)ccc1-c1ccncc1. The molecule has 132 valence electrons. The maximum atomic E-state index is 5.75. The summed E-state index contributed by atoms with van der Waals surface area (Å²) in [7, 11) is 1.71. The second-order valence-electron chi connectivity index (χ2n) is 6.40. The second-order valence-corrected chi connectivity index (χ2v) is 6.40. The third-order valence-corrected chi connectivity index (χ3v) is 4.83. The quantitative estimate of drug-likeness (QED) is 0.725. The third kappa shape index (κ3) is 3.36. The summed E-state index contributed by atoms with van der Waals surface area (Å²) in [5.41, 5.74) is 4.51. The van der Waals surface area contributed by atoms with E-state index >= 15 is 0 Å². The third-order valence-electron chi connectivity index (χ3n) is 4.83. The Balaban J connectivity index is 1.51. The second kappa shape index (κ2) is 7.48. The zero-order valence-electron chi connectivity index (χ0n) is 14.8. The topological polar surface area (TPSA) is 43.4 Å². The molecule has 4 nitrogen and oxygen atoms in total. The monoisotopic (exact) mass is 346 g/mol. The fourth-order valence-electron chi connectivity index (χ4n) is 3.44. The number of methoxy groups -OCH3 is 1. The fourth-order valence-corrected chi connectivity index (χ4v) is 3.44. The van der Waals surface area contributed by atoms with E-state index in [0.29, 0.717) is 5.92 Å². The minimum atomic E-state index is 0.450. The van der Waals surface area contributed by atoms with Gasteiger partial charge in [-0.3, -0.25) is 4.98 Å². The first-order chi connectivity index (χ1) is 12.8. The summed E-state index contributed by atoms with van der Waals surface area (Å²) in [5.74, 6) is 2.32. The Morgan fingerprint density at radius 1 is 1.12 bits per heavy atom. The van der Waals surface area contributed by atoms with E-state index in [9.17, 15) is 0 Å². The fraction of sp³-hybridized carbons (Fsp3) is 0.227. The van der Waals surface area contributed by atoms with Crippen LogP contribution in [0.25, 0.3) is 11.1 Å². The van der Waals surface area contributed by atoms with Gasteiger partial charge in [-0.15, -0.1) is 0 Å². The van der Waals surface area contributed by atoms with Gasteiger partial charge < -0.3 is 14.8 Å². The van der Waals surface area contributed by atoms with Gasteiger partial charge in [-0.25, -0.2) is 0 Å².